The predicted molar refractivity (Wildman–Crippen MR) is 72.8 cm³/mol. The number of hydrogen-bond acceptors (Lipinski definition) is 3. The quantitative estimate of drug-likeness (QED) is 0.768. The first kappa shape index (κ1) is 13.6. The molecule has 0 bridgehead atoms. The molecular formula is C13H23BN2O2. The fraction of sp³-hybridized carbons (Fsp3) is 0.769. The molecule has 0 unspecified atom stereocenters. The van der Waals surface area contributed by atoms with Crippen LogP contribution in [-0.4, -0.2) is 27.9 Å². The summed E-state index contributed by atoms with van der Waals surface area (Å²) in [5.41, 5.74) is 0.244. The molecule has 0 spiro atoms. The highest BCUT2D eigenvalue weighted by Crippen LogP contribution is 2.36. The number of imidazole rings is 1. The lowest BCUT2D eigenvalue weighted by atomic mass is 9.86. The zero-order chi connectivity index (χ0) is 13.6. The summed E-state index contributed by atoms with van der Waals surface area (Å²) in [6.07, 6.45) is 3.86. The standard InChI is InChI=1S/C13H23BN2O2/c1-10(2)7-16-8-11(15-9-16)14-17-12(3,4)13(5,6)18-14/h8-10H,7H2,1-6H3. The highest BCUT2D eigenvalue weighted by molar-refractivity contribution is 6.61. The van der Waals surface area contributed by atoms with Crippen LogP contribution in [0.25, 0.3) is 0 Å². The zero-order valence-corrected chi connectivity index (χ0v) is 12.2. The lowest BCUT2D eigenvalue weighted by Crippen LogP contribution is -2.41. The van der Waals surface area contributed by atoms with Crippen molar-refractivity contribution < 1.29 is 9.31 Å². The zero-order valence-electron chi connectivity index (χ0n) is 12.2. The van der Waals surface area contributed by atoms with Gasteiger partial charge >= 0.3 is 7.12 Å². The van der Waals surface area contributed by atoms with Gasteiger partial charge in [0.25, 0.3) is 0 Å². The maximum absolute atomic E-state index is 5.97. The van der Waals surface area contributed by atoms with Crippen LogP contribution in [0.15, 0.2) is 12.5 Å². The van der Waals surface area contributed by atoms with Gasteiger partial charge in [-0.2, -0.15) is 0 Å². The molecule has 1 aliphatic heterocycles. The Bertz CT molecular complexity index is 410. The molecule has 4 nitrogen and oxygen atoms in total. The van der Waals surface area contributed by atoms with Crippen molar-refractivity contribution in [2.45, 2.75) is 59.3 Å². The Labute approximate surface area is 110 Å². The van der Waals surface area contributed by atoms with Gasteiger partial charge < -0.3 is 13.9 Å². The minimum Gasteiger partial charge on any atom is -0.398 e. The van der Waals surface area contributed by atoms with Crippen LogP contribution in [0.3, 0.4) is 0 Å². The van der Waals surface area contributed by atoms with E-state index in [-0.39, 0.29) is 18.3 Å². The Balaban J connectivity index is 2.12. The van der Waals surface area contributed by atoms with E-state index >= 15 is 0 Å². The summed E-state index contributed by atoms with van der Waals surface area (Å²) in [7, 11) is -0.358. The van der Waals surface area contributed by atoms with Crippen molar-refractivity contribution in [3.63, 3.8) is 0 Å². The molecule has 1 aromatic heterocycles. The van der Waals surface area contributed by atoms with Crippen LogP contribution < -0.4 is 5.59 Å². The third kappa shape index (κ3) is 2.47. The fourth-order valence-corrected chi connectivity index (χ4v) is 1.98. The predicted octanol–water partition coefficient (Wildman–Crippen LogP) is 1.84. The van der Waals surface area contributed by atoms with Crippen LogP contribution in [-0.2, 0) is 15.9 Å². The molecular weight excluding hydrogens is 227 g/mol. The van der Waals surface area contributed by atoms with Gasteiger partial charge in [-0.15, -0.1) is 0 Å². The molecule has 0 aromatic carbocycles. The molecule has 100 valence electrons. The van der Waals surface area contributed by atoms with Gasteiger partial charge in [-0.05, 0) is 33.6 Å². The molecule has 0 amide bonds. The van der Waals surface area contributed by atoms with Crippen molar-refractivity contribution in [1.82, 2.24) is 9.55 Å². The number of nitrogens with zero attached hydrogens (tertiary/aromatic N) is 2. The van der Waals surface area contributed by atoms with Crippen LogP contribution in [0.5, 0.6) is 0 Å². The molecule has 1 aliphatic rings. The summed E-state index contributed by atoms with van der Waals surface area (Å²) in [6, 6.07) is 0. The van der Waals surface area contributed by atoms with Gasteiger partial charge in [0.05, 0.1) is 23.1 Å². The largest absolute Gasteiger partial charge is 0.516 e. The molecule has 1 fully saturated rings. The van der Waals surface area contributed by atoms with E-state index < -0.39 is 0 Å². The topological polar surface area (TPSA) is 36.3 Å². The van der Waals surface area contributed by atoms with Gasteiger partial charge in [-0.3, -0.25) is 0 Å². The number of aromatic nitrogens is 2. The van der Waals surface area contributed by atoms with Crippen molar-refractivity contribution in [2.75, 3.05) is 0 Å². The number of rotatable bonds is 3. The first-order valence-electron chi connectivity index (χ1n) is 6.58. The van der Waals surface area contributed by atoms with Gasteiger partial charge in [0.2, 0.25) is 0 Å². The van der Waals surface area contributed by atoms with E-state index in [1.807, 2.05) is 12.5 Å². The van der Waals surface area contributed by atoms with E-state index in [4.69, 9.17) is 9.31 Å². The molecule has 5 heteroatoms. The molecule has 1 saturated heterocycles. The number of hydrogen-bond donors (Lipinski definition) is 0. The minimum absolute atomic E-state index is 0.306. The van der Waals surface area contributed by atoms with Gasteiger partial charge in [0.15, 0.2) is 0 Å². The lowest BCUT2D eigenvalue weighted by Gasteiger charge is -2.32. The monoisotopic (exact) mass is 250 g/mol. The van der Waals surface area contributed by atoms with Crippen LogP contribution >= 0.6 is 0 Å². The third-order valence-electron chi connectivity index (χ3n) is 3.72. The van der Waals surface area contributed by atoms with Gasteiger partial charge in [0, 0.05) is 12.7 Å². The van der Waals surface area contributed by atoms with Crippen LogP contribution in [0.2, 0.25) is 0 Å². The Hall–Kier alpha value is -0.805. The Morgan fingerprint density at radius 1 is 1.22 bits per heavy atom. The Kier molecular flexibility index (Phi) is 3.32. The van der Waals surface area contributed by atoms with E-state index in [9.17, 15) is 0 Å². The van der Waals surface area contributed by atoms with Crippen molar-refractivity contribution in [3.05, 3.63) is 12.5 Å². The molecule has 2 heterocycles. The summed E-state index contributed by atoms with van der Waals surface area (Å²) < 4.78 is 14.0. The average Bonchev–Trinajstić information content (AvgIpc) is 2.70. The second-order valence-electron chi connectivity index (χ2n) is 6.48. The van der Waals surface area contributed by atoms with Gasteiger partial charge in [-0.1, -0.05) is 13.8 Å². The minimum atomic E-state index is -0.358. The first-order chi connectivity index (χ1) is 8.21. The Morgan fingerprint density at radius 2 is 1.78 bits per heavy atom. The molecule has 0 atom stereocenters. The van der Waals surface area contributed by atoms with E-state index in [2.05, 4.69) is 51.1 Å². The fourth-order valence-electron chi connectivity index (χ4n) is 1.98. The van der Waals surface area contributed by atoms with E-state index in [1.165, 1.54) is 0 Å². The van der Waals surface area contributed by atoms with Crippen molar-refractivity contribution in [1.29, 1.82) is 0 Å². The van der Waals surface area contributed by atoms with Gasteiger partial charge in [-0.25, -0.2) is 4.98 Å². The molecule has 1 aromatic rings. The van der Waals surface area contributed by atoms with Crippen molar-refractivity contribution >= 4 is 12.7 Å². The normalized spacial score (nSPS) is 21.8. The summed E-state index contributed by atoms with van der Waals surface area (Å²) >= 11 is 0. The van der Waals surface area contributed by atoms with E-state index in [1.54, 1.807) is 0 Å². The first-order valence-corrected chi connectivity index (χ1v) is 6.58. The SMILES string of the molecule is CC(C)Cn1cnc(B2OC(C)(C)C(C)(C)O2)c1. The second kappa shape index (κ2) is 4.39. The summed E-state index contributed by atoms with van der Waals surface area (Å²) in [5.74, 6) is 0.602. The van der Waals surface area contributed by atoms with E-state index in [0.717, 1.165) is 12.1 Å². The molecule has 2 rings (SSSR count). The molecule has 18 heavy (non-hydrogen) atoms. The molecule has 0 saturated carbocycles. The maximum atomic E-state index is 5.97. The smallest absolute Gasteiger partial charge is 0.398 e. The summed E-state index contributed by atoms with van der Waals surface area (Å²) in [5, 5.41) is 0. The third-order valence-corrected chi connectivity index (χ3v) is 3.72. The van der Waals surface area contributed by atoms with Crippen molar-refractivity contribution in [3.8, 4) is 0 Å². The summed E-state index contributed by atoms with van der Waals surface area (Å²) in [4.78, 5) is 4.40. The van der Waals surface area contributed by atoms with Crippen LogP contribution in [0, 0.1) is 5.92 Å². The average molecular weight is 250 g/mol. The highest BCUT2D eigenvalue weighted by Gasteiger charge is 2.52. The molecule has 0 radical (unpaired) electrons. The van der Waals surface area contributed by atoms with Crippen LogP contribution in [0.4, 0.5) is 0 Å². The van der Waals surface area contributed by atoms with Crippen LogP contribution in [0.1, 0.15) is 41.5 Å². The van der Waals surface area contributed by atoms with Crippen molar-refractivity contribution in [2.24, 2.45) is 5.92 Å². The van der Waals surface area contributed by atoms with Gasteiger partial charge in [0.1, 0.15) is 0 Å². The Morgan fingerprint density at radius 3 is 2.28 bits per heavy atom. The summed E-state index contributed by atoms with van der Waals surface area (Å²) in [6.45, 7) is 13.6. The highest BCUT2D eigenvalue weighted by atomic mass is 16.7. The van der Waals surface area contributed by atoms with E-state index in [0.29, 0.717) is 5.92 Å². The maximum Gasteiger partial charge on any atom is 0.516 e. The molecule has 0 N–H and O–H groups in total. The second-order valence-corrected chi connectivity index (χ2v) is 6.48. The lowest BCUT2D eigenvalue weighted by molar-refractivity contribution is 0.00578. The molecule has 0 aliphatic carbocycles.